The first kappa shape index (κ1) is 23.3. The smallest absolute Gasteiger partial charge is 0.321 e. The molecule has 3 amide bonds. The van der Waals surface area contributed by atoms with E-state index >= 15 is 0 Å². The number of nitrogens with one attached hydrogen (secondary N) is 2. The van der Waals surface area contributed by atoms with Crippen LogP contribution >= 0.6 is 0 Å². The van der Waals surface area contributed by atoms with Gasteiger partial charge in [-0.1, -0.05) is 37.3 Å². The van der Waals surface area contributed by atoms with Crippen molar-refractivity contribution in [2.75, 3.05) is 56.4 Å². The lowest BCUT2D eigenvalue weighted by molar-refractivity contribution is -0.121. The number of piperazine rings is 1. The Morgan fingerprint density at radius 3 is 2.21 bits per heavy atom. The summed E-state index contributed by atoms with van der Waals surface area (Å²) in [7, 11) is 0. The van der Waals surface area contributed by atoms with Gasteiger partial charge in [-0.15, -0.1) is 0 Å². The molecule has 1 atom stereocenters. The van der Waals surface area contributed by atoms with Crippen molar-refractivity contribution >= 4 is 23.3 Å². The number of piperidine rings is 1. The zero-order valence-electron chi connectivity index (χ0n) is 19.5. The van der Waals surface area contributed by atoms with Gasteiger partial charge in [-0.3, -0.25) is 9.69 Å². The van der Waals surface area contributed by atoms with Gasteiger partial charge in [-0.05, 0) is 49.2 Å². The van der Waals surface area contributed by atoms with E-state index in [2.05, 4.69) is 39.5 Å². The van der Waals surface area contributed by atoms with Crippen LogP contribution in [0.15, 0.2) is 54.6 Å². The maximum Gasteiger partial charge on any atom is 0.321 e. The summed E-state index contributed by atoms with van der Waals surface area (Å²) in [5.41, 5.74) is 2.84. The number of hydrogen-bond acceptors (Lipinski definition) is 4. The average Bonchev–Trinajstić information content (AvgIpc) is 2.86. The second kappa shape index (κ2) is 11.3. The number of likely N-dealkylation sites (tertiary alicyclic amines) is 1. The maximum absolute atomic E-state index is 12.9. The number of urea groups is 1. The van der Waals surface area contributed by atoms with Crippen molar-refractivity contribution in [1.29, 1.82) is 0 Å². The molecule has 1 unspecified atom stereocenters. The largest absolute Gasteiger partial charge is 0.326 e. The highest BCUT2D eigenvalue weighted by Gasteiger charge is 2.28. The number of para-hydroxylation sites is 1. The van der Waals surface area contributed by atoms with E-state index in [9.17, 15) is 9.59 Å². The number of hydrogen-bond donors (Lipinski definition) is 2. The molecule has 2 N–H and O–H groups in total. The summed E-state index contributed by atoms with van der Waals surface area (Å²) in [5.74, 6) is -0.217. The molecule has 0 spiro atoms. The van der Waals surface area contributed by atoms with E-state index < -0.39 is 0 Å². The minimum atomic E-state index is -0.199. The summed E-state index contributed by atoms with van der Waals surface area (Å²) in [4.78, 5) is 32.2. The number of rotatable bonds is 6. The fraction of sp³-hybridized carbons (Fsp3) is 0.462. The van der Waals surface area contributed by atoms with E-state index in [1.165, 1.54) is 5.56 Å². The van der Waals surface area contributed by atoms with Crippen molar-refractivity contribution in [1.82, 2.24) is 14.7 Å². The van der Waals surface area contributed by atoms with E-state index in [1.807, 2.05) is 42.5 Å². The lowest BCUT2D eigenvalue weighted by Crippen LogP contribution is -2.45. The molecule has 0 saturated carbocycles. The third kappa shape index (κ3) is 6.55. The maximum atomic E-state index is 12.9. The monoisotopic (exact) mass is 449 g/mol. The van der Waals surface area contributed by atoms with Gasteiger partial charge < -0.3 is 20.4 Å². The summed E-state index contributed by atoms with van der Waals surface area (Å²) in [6.07, 6.45) is 1.62. The molecule has 0 aliphatic carbocycles. The molecule has 2 aromatic rings. The molecule has 33 heavy (non-hydrogen) atoms. The highest BCUT2D eigenvalue weighted by Crippen LogP contribution is 2.21. The number of nitrogens with zero attached hydrogens (tertiary/aromatic N) is 3. The van der Waals surface area contributed by atoms with E-state index in [4.69, 9.17) is 0 Å². The van der Waals surface area contributed by atoms with Crippen LogP contribution in [0.3, 0.4) is 0 Å². The van der Waals surface area contributed by atoms with Gasteiger partial charge in [0.05, 0.1) is 5.92 Å². The fourth-order valence-corrected chi connectivity index (χ4v) is 4.56. The van der Waals surface area contributed by atoms with Gasteiger partial charge in [0.15, 0.2) is 0 Å². The van der Waals surface area contributed by atoms with Gasteiger partial charge >= 0.3 is 6.03 Å². The second-order valence-electron chi connectivity index (χ2n) is 8.98. The van der Waals surface area contributed by atoms with Gasteiger partial charge in [0, 0.05) is 57.2 Å². The quantitative estimate of drug-likeness (QED) is 0.706. The first-order valence-corrected chi connectivity index (χ1v) is 12.1. The molecule has 7 heteroatoms. The molecule has 2 fully saturated rings. The van der Waals surface area contributed by atoms with Crippen LogP contribution in [0.2, 0.25) is 0 Å². The average molecular weight is 450 g/mol. The van der Waals surface area contributed by atoms with E-state index in [0.29, 0.717) is 13.1 Å². The third-order valence-corrected chi connectivity index (χ3v) is 6.64. The standard InChI is InChI=1S/C26H35N5O2/c1-2-29-15-17-30(18-16-29)19-21-10-12-24(13-11-21)27-25(32)22-7-6-14-31(20-22)26(33)28-23-8-4-3-5-9-23/h3-5,8-13,22H,2,6-7,14-20H2,1H3,(H,27,32)(H,28,33). The zero-order valence-corrected chi connectivity index (χ0v) is 19.5. The first-order chi connectivity index (χ1) is 16.1. The Labute approximate surface area is 196 Å². The van der Waals surface area contributed by atoms with Crippen molar-refractivity contribution < 1.29 is 9.59 Å². The Balaban J connectivity index is 1.25. The zero-order chi connectivity index (χ0) is 23.0. The topological polar surface area (TPSA) is 67.9 Å². The van der Waals surface area contributed by atoms with Crippen LogP contribution in [0.5, 0.6) is 0 Å². The Hall–Kier alpha value is -2.90. The summed E-state index contributed by atoms with van der Waals surface area (Å²) >= 11 is 0. The summed E-state index contributed by atoms with van der Waals surface area (Å²) in [5, 5.41) is 5.96. The van der Waals surface area contributed by atoms with Gasteiger partial charge in [0.25, 0.3) is 0 Å². The number of carbonyl (C=O) groups excluding carboxylic acids is 2. The van der Waals surface area contributed by atoms with Crippen LogP contribution in [-0.4, -0.2) is 72.5 Å². The number of benzene rings is 2. The van der Waals surface area contributed by atoms with E-state index in [-0.39, 0.29) is 17.9 Å². The Morgan fingerprint density at radius 2 is 1.52 bits per heavy atom. The summed E-state index contributed by atoms with van der Waals surface area (Å²) < 4.78 is 0. The Kier molecular flexibility index (Phi) is 7.96. The molecule has 0 bridgehead atoms. The van der Waals surface area contributed by atoms with Gasteiger partial charge in [-0.25, -0.2) is 4.79 Å². The van der Waals surface area contributed by atoms with Crippen LogP contribution < -0.4 is 10.6 Å². The van der Waals surface area contributed by atoms with Crippen molar-refractivity contribution in [2.24, 2.45) is 5.92 Å². The Bertz CT molecular complexity index is 910. The molecule has 176 valence electrons. The van der Waals surface area contributed by atoms with Crippen molar-refractivity contribution in [2.45, 2.75) is 26.3 Å². The van der Waals surface area contributed by atoms with Crippen LogP contribution in [0.4, 0.5) is 16.2 Å². The minimum Gasteiger partial charge on any atom is -0.326 e. The minimum absolute atomic E-state index is 0.0179. The molecule has 4 rings (SSSR count). The van der Waals surface area contributed by atoms with Gasteiger partial charge in [0.1, 0.15) is 0 Å². The van der Waals surface area contributed by atoms with Gasteiger partial charge in [0.2, 0.25) is 5.91 Å². The van der Waals surface area contributed by atoms with Crippen molar-refractivity contribution in [3.05, 3.63) is 60.2 Å². The number of amides is 3. The number of likely N-dealkylation sites (N-methyl/N-ethyl adjacent to an activating group) is 1. The highest BCUT2D eigenvalue weighted by atomic mass is 16.2. The van der Waals surface area contributed by atoms with E-state index in [0.717, 1.165) is 63.5 Å². The van der Waals surface area contributed by atoms with Crippen LogP contribution in [0, 0.1) is 5.92 Å². The predicted molar refractivity (Wildman–Crippen MR) is 132 cm³/mol. The normalized spacial score (nSPS) is 19.8. The molecule has 2 aromatic carbocycles. The molecule has 0 aromatic heterocycles. The van der Waals surface area contributed by atoms with Crippen LogP contribution in [0.25, 0.3) is 0 Å². The second-order valence-corrected chi connectivity index (χ2v) is 8.98. The molecule has 0 radical (unpaired) electrons. The summed E-state index contributed by atoms with van der Waals surface area (Å²) in [6.45, 7) is 9.85. The first-order valence-electron chi connectivity index (χ1n) is 12.1. The van der Waals surface area contributed by atoms with Crippen molar-refractivity contribution in [3.63, 3.8) is 0 Å². The fourth-order valence-electron chi connectivity index (χ4n) is 4.56. The highest BCUT2D eigenvalue weighted by molar-refractivity contribution is 5.94. The van der Waals surface area contributed by atoms with Crippen molar-refractivity contribution in [3.8, 4) is 0 Å². The molecule has 2 aliphatic heterocycles. The molecule has 7 nitrogen and oxygen atoms in total. The lowest BCUT2D eigenvalue weighted by Gasteiger charge is -2.34. The van der Waals surface area contributed by atoms with Crippen LogP contribution in [0.1, 0.15) is 25.3 Å². The summed E-state index contributed by atoms with van der Waals surface area (Å²) in [6, 6.07) is 17.4. The number of anilines is 2. The SMILES string of the molecule is CCN1CCN(Cc2ccc(NC(=O)C3CCCN(C(=O)Nc4ccccc4)C3)cc2)CC1. The number of carbonyl (C=O) groups is 2. The molecular formula is C26H35N5O2. The Morgan fingerprint density at radius 1 is 0.848 bits per heavy atom. The predicted octanol–water partition coefficient (Wildman–Crippen LogP) is 3.71. The van der Waals surface area contributed by atoms with Crippen LogP contribution in [-0.2, 0) is 11.3 Å². The molecule has 2 heterocycles. The lowest BCUT2D eigenvalue weighted by atomic mass is 9.97. The molecular weight excluding hydrogens is 414 g/mol. The molecule has 2 saturated heterocycles. The van der Waals surface area contributed by atoms with E-state index in [1.54, 1.807) is 4.90 Å². The third-order valence-electron chi connectivity index (χ3n) is 6.64. The molecule has 2 aliphatic rings. The van der Waals surface area contributed by atoms with Gasteiger partial charge in [-0.2, -0.15) is 0 Å².